The summed E-state index contributed by atoms with van der Waals surface area (Å²) in [5.41, 5.74) is 7.50. The van der Waals surface area contributed by atoms with E-state index in [2.05, 4.69) is 65.7 Å². The molecule has 186 valence electrons. The van der Waals surface area contributed by atoms with Crippen LogP contribution in [0.5, 0.6) is 0 Å². The molecule has 0 fully saturated rings. The highest BCUT2D eigenvalue weighted by atomic mass is 16.4. The summed E-state index contributed by atoms with van der Waals surface area (Å²) in [4.78, 5) is 0. The van der Waals surface area contributed by atoms with Gasteiger partial charge >= 0.3 is 0 Å². The van der Waals surface area contributed by atoms with Crippen molar-refractivity contribution < 1.29 is 4.74 Å². The molecule has 3 rings (SSSR count). The number of rotatable bonds is 6. The van der Waals surface area contributed by atoms with Crippen molar-refractivity contribution in [1.29, 1.82) is 0 Å². The van der Waals surface area contributed by atoms with Gasteiger partial charge in [-0.3, -0.25) is 0 Å². The van der Waals surface area contributed by atoms with Crippen LogP contribution in [-0.4, -0.2) is 14.2 Å². The van der Waals surface area contributed by atoms with Gasteiger partial charge in [-0.05, 0) is 73.4 Å². The zero-order valence-electron chi connectivity index (χ0n) is 22.6. The van der Waals surface area contributed by atoms with Crippen LogP contribution >= 0.6 is 0 Å². The molecule has 35 heavy (non-hydrogen) atoms. The summed E-state index contributed by atoms with van der Waals surface area (Å²) in [6.07, 6.45) is 8.00. The van der Waals surface area contributed by atoms with Gasteiger partial charge in [-0.1, -0.05) is 105 Å². The van der Waals surface area contributed by atoms with Crippen molar-refractivity contribution in [1.82, 2.24) is 0 Å². The Morgan fingerprint density at radius 3 is 1.63 bits per heavy atom. The molecule has 2 nitrogen and oxygen atoms in total. The van der Waals surface area contributed by atoms with Gasteiger partial charge in [-0.25, -0.2) is 0 Å². The molecule has 3 aromatic rings. The van der Waals surface area contributed by atoms with Gasteiger partial charge in [0.1, 0.15) is 0 Å². The molecule has 0 saturated carbocycles. The minimum Gasteiger partial charge on any atom is -0.388 e. The zero-order chi connectivity index (χ0) is 26.5. The van der Waals surface area contributed by atoms with Crippen LogP contribution in [0.4, 0.5) is 5.69 Å². The van der Waals surface area contributed by atoms with Crippen molar-refractivity contribution in [3.05, 3.63) is 127 Å². The summed E-state index contributed by atoms with van der Waals surface area (Å²) in [6, 6.07) is 26.9. The van der Waals surface area contributed by atoms with Gasteiger partial charge in [0, 0.05) is 25.6 Å². The highest BCUT2D eigenvalue weighted by Crippen LogP contribution is 2.28. The average Bonchev–Trinajstić information content (AvgIpc) is 2.90. The lowest BCUT2D eigenvalue weighted by atomic mass is 9.96. The van der Waals surface area contributed by atoms with Gasteiger partial charge in [-0.15, -0.1) is 0 Å². The van der Waals surface area contributed by atoms with Gasteiger partial charge in [0.05, 0.1) is 0 Å². The number of benzene rings is 3. The number of hydrogen-bond acceptors (Lipinski definition) is 2. The van der Waals surface area contributed by atoms with Crippen molar-refractivity contribution in [2.45, 2.75) is 34.6 Å². The van der Waals surface area contributed by atoms with Crippen LogP contribution in [0.25, 0.3) is 22.4 Å². The molecule has 0 unspecified atom stereocenters. The van der Waals surface area contributed by atoms with Crippen LogP contribution < -0.4 is 5.32 Å². The van der Waals surface area contributed by atoms with Crippen LogP contribution in [0.2, 0.25) is 0 Å². The Morgan fingerprint density at radius 1 is 0.714 bits per heavy atom. The predicted octanol–water partition coefficient (Wildman–Crippen LogP) is 9.90. The summed E-state index contributed by atoms with van der Waals surface area (Å²) in [7, 11) is 3.25. The van der Waals surface area contributed by atoms with E-state index < -0.39 is 0 Å². The SMILES string of the molecule is C/C=C\C=C/C.C=C(C)c1cc(C(=C)Nc2ccccc2)cc(-c2ccccc2)c1.CC.COC. The van der Waals surface area contributed by atoms with Crippen molar-refractivity contribution >= 4 is 17.0 Å². The van der Waals surface area contributed by atoms with E-state index in [4.69, 9.17) is 0 Å². The first-order valence-corrected chi connectivity index (χ1v) is 12.0. The van der Waals surface area contributed by atoms with Gasteiger partial charge in [0.25, 0.3) is 0 Å². The molecule has 0 spiro atoms. The summed E-state index contributed by atoms with van der Waals surface area (Å²) in [6.45, 7) is 18.3. The molecule has 1 N–H and O–H groups in total. The Labute approximate surface area is 214 Å². The maximum absolute atomic E-state index is 4.25. The third-order valence-corrected chi connectivity index (χ3v) is 4.45. The number of hydrogen-bond donors (Lipinski definition) is 1. The van der Waals surface area contributed by atoms with E-state index in [1.807, 2.05) is 95.3 Å². The summed E-state index contributed by atoms with van der Waals surface area (Å²) in [5, 5.41) is 3.38. The second kappa shape index (κ2) is 19.8. The summed E-state index contributed by atoms with van der Waals surface area (Å²) in [5.74, 6) is 0. The Kier molecular flexibility index (Phi) is 17.8. The fourth-order valence-corrected chi connectivity index (χ4v) is 2.84. The molecule has 0 heterocycles. The molecule has 0 radical (unpaired) electrons. The van der Waals surface area contributed by atoms with Gasteiger partial charge in [0.2, 0.25) is 0 Å². The first kappa shape index (κ1) is 31.4. The van der Waals surface area contributed by atoms with Gasteiger partial charge in [-0.2, -0.15) is 0 Å². The van der Waals surface area contributed by atoms with E-state index in [0.717, 1.165) is 28.1 Å². The van der Waals surface area contributed by atoms with Crippen molar-refractivity contribution in [3.63, 3.8) is 0 Å². The molecule has 0 atom stereocenters. The Bertz CT molecular complexity index is 1020. The third-order valence-electron chi connectivity index (χ3n) is 4.45. The smallest absolute Gasteiger partial charge is 0.0385 e. The van der Waals surface area contributed by atoms with Gasteiger partial charge in [0.15, 0.2) is 0 Å². The fourth-order valence-electron chi connectivity index (χ4n) is 2.84. The molecule has 0 aliphatic carbocycles. The van der Waals surface area contributed by atoms with E-state index in [0.29, 0.717) is 0 Å². The van der Waals surface area contributed by atoms with Crippen LogP contribution in [0, 0.1) is 0 Å². The van der Waals surface area contributed by atoms with Crippen LogP contribution in [0.1, 0.15) is 45.7 Å². The molecule has 0 bridgehead atoms. The topological polar surface area (TPSA) is 21.3 Å². The second-order valence-electron chi connectivity index (χ2n) is 7.37. The molecule has 0 aliphatic heterocycles. The normalized spacial score (nSPS) is 9.69. The number of anilines is 1. The standard InChI is InChI=1S/C23H21N.C6H10.C2H6O.C2H6/c1-17(2)20-14-21(18(3)24-23-12-8-5-9-13-23)16-22(15-20)19-10-6-4-7-11-19;1-3-5-6-4-2;1-3-2;1-2/h4-16,24H,1,3H2,2H3;3-6H,1-2H3;1-2H3;1-2H3/b;5-3-,6-4-;;. The first-order valence-electron chi connectivity index (χ1n) is 12.0. The Morgan fingerprint density at radius 2 is 1.17 bits per heavy atom. The minimum absolute atomic E-state index is 0.876. The lowest BCUT2D eigenvalue weighted by molar-refractivity contribution is 0.277. The molecular formula is C33H43NO. The van der Waals surface area contributed by atoms with E-state index in [9.17, 15) is 0 Å². The summed E-state index contributed by atoms with van der Waals surface area (Å²) >= 11 is 0. The van der Waals surface area contributed by atoms with E-state index in [-0.39, 0.29) is 0 Å². The average molecular weight is 470 g/mol. The monoisotopic (exact) mass is 469 g/mol. The number of nitrogens with one attached hydrogen (secondary N) is 1. The van der Waals surface area contributed by atoms with Gasteiger partial charge < -0.3 is 10.1 Å². The molecule has 3 aromatic carbocycles. The van der Waals surface area contributed by atoms with E-state index >= 15 is 0 Å². The second-order valence-corrected chi connectivity index (χ2v) is 7.37. The number of methoxy groups -OCH3 is 1. The maximum Gasteiger partial charge on any atom is 0.0385 e. The Hall–Kier alpha value is -3.62. The molecule has 2 heteroatoms. The predicted molar refractivity (Wildman–Crippen MR) is 160 cm³/mol. The first-order chi connectivity index (χ1) is 17.0. The zero-order valence-corrected chi connectivity index (χ0v) is 22.6. The summed E-state index contributed by atoms with van der Waals surface area (Å²) < 4.78 is 4.25. The quantitative estimate of drug-likeness (QED) is 0.363. The molecule has 0 aromatic heterocycles. The van der Waals surface area contributed by atoms with Crippen molar-refractivity contribution in [3.8, 4) is 11.1 Å². The van der Waals surface area contributed by atoms with Crippen molar-refractivity contribution in [2.24, 2.45) is 0 Å². The lowest BCUT2D eigenvalue weighted by Crippen LogP contribution is -1.98. The largest absolute Gasteiger partial charge is 0.388 e. The minimum atomic E-state index is 0.876. The highest BCUT2D eigenvalue weighted by Gasteiger charge is 2.07. The highest BCUT2D eigenvalue weighted by molar-refractivity contribution is 5.81. The van der Waals surface area contributed by atoms with E-state index in [1.165, 1.54) is 11.1 Å². The van der Waals surface area contributed by atoms with Crippen LogP contribution in [0.3, 0.4) is 0 Å². The number of para-hydroxylation sites is 1. The molecular weight excluding hydrogens is 426 g/mol. The van der Waals surface area contributed by atoms with Crippen LogP contribution in [0.15, 0.2) is 116 Å². The number of allylic oxidation sites excluding steroid dienone is 5. The molecule has 0 amide bonds. The third kappa shape index (κ3) is 13.0. The van der Waals surface area contributed by atoms with Crippen molar-refractivity contribution in [2.75, 3.05) is 19.5 Å². The molecule has 0 aliphatic rings. The number of ether oxygens (including phenoxy) is 1. The lowest BCUT2D eigenvalue weighted by Gasteiger charge is -2.14. The van der Waals surface area contributed by atoms with Crippen LogP contribution in [-0.2, 0) is 4.74 Å². The fraction of sp³-hybridized carbons (Fsp3) is 0.212. The van der Waals surface area contributed by atoms with E-state index in [1.54, 1.807) is 14.2 Å². The Balaban J connectivity index is 0.000000894. The molecule has 0 saturated heterocycles. The maximum atomic E-state index is 4.25.